The fourth-order valence-electron chi connectivity index (χ4n) is 10.7. The maximum atomic E-state index is 17.5. The second kappa shape index (κ2) is 14.2. The predicted molar refractivity (Wildman–Crippen MR) is 264 cm³/mol. The molecule has 64 heavy (non-hydrogen) atoms. The van der Waals surface area contributed by atoms with Gasteiger partial charge in [0.1, 0.15) is 11.5 Å². The van der Waals surface area contributed by atoms with Crippen LogP contribution in [0, 0.1) is 0 Å². The standard InChI is InChI=1S/C57H38FN5Si/c58-55(38-27-29-43-44-22-10-11-23-47(44)61-35-34-60-57(61)46(43)36-38)39-28-30-45-50(37-39)63(53-26-14-15-33-59-53)49-31-32-52-56(54(45)49)62(40-16-4-1-5-17-40)48-24-12-13-25-51(48)64(52,41-18-6-2-7-19-41)42-20-8-3-9-21-42/h1-37,55H. The average molecular weight is 840 g/mol. The van der Waals surface area contributed by atoms with E-state index in [2.05, 4.69) is 166 Å². The van der Waals surface area contributed by atoms with Crippen LogP contribution in [-0.2, 0) is 0 Å². The third-order valence-corrected chi connectivity index (χ3v) is 18.2. The van der Waals surface area contributed by atoms with E-state index in [1.807, 2.05) is 73.2 Å². The van der Waals surface area contributed by atoms with E-state index >= 15 is 4.39 Å². The van der Waals surface area contributed by atoms with Gasteiger partial charge in [0.25, 0.3) is 0 Å². The number of fused-ring (bicyclic) bond motifs is 12. The van der Waals surface area contributed by atoms with Crippen molar-refractivity contribution in [2.75, 3.05) is 4.90 Å². The molecule has 0 aliphatic carbocycles. The molecule has 4 aromatic heterocycles. The van der Waals surface area contributed by atoms with Gasteiger partial charge < -0.3 is 4.90 Å². The average Bonchev–Trinajstić information content (AvgIpc) is 4.00. The summed E-state index contributed by atoms with van der Waals surface area (Å²) in [5.74, 6) is 0.770. The van der Waals surface area contributed by atoms with E-state index in [9.17, 15) is 0 Å². The summed E-state index contributed by atoms with van der Waals surface area (Å²) in [4.78, 5) is 12.1. The largest absolute Gasteiger partial charge is 0.310 e. The number of halogens is 1. The Morgan fingerprint density at radius 2 is 1.14 bits per heavy atom. The van der Waals surface area contributed by atoms with Crippen molar-refractivity contribution in [3.63, 3.8) is 0 Å². The summed E-state index contributed by atoms with van der Waals surface area (Å²) in [7, 11) is -2.99. The number of hydrogen-bond acceptors (Lipinski definition) is 3. The number of benzene rings is 8. The van der Waals surface area contributed by atoms with E-state index in [1.54, 1.807) is 0 Å². The van der Waals surface area contributed by atoms with Crippen molar-refractivity contribution in [1.29, 1.82) is 0 Å². The van der Waals surface area contributed by atoms with Gasteiger partial charge in [-0.05, 0) is 91.9 Å². The Balaban J connectivity index is 1.11. The van der Waals surface area contributed by atoms with Gasteiger partial charge in [-0.3, -0.25) is 8.97 Å². The molecule has 7 heteroatoms. The fourth-order valence-corrected chi connectivity index (χ4v) is 15.8. The molecule has 5 nitrogen and oxygen atoms in total. The van der Waals surface area contributed by atoms with Crippen LogP contribution in [0.4, 0.5) is 21.5 Å². The van der Waals surface area contributed by atoms with Gasteiger partial charge in [-0.2, -0.15) is 0 Å². The zero-order chi connectivity index (χ0) is 42.4. The van der Waals surface area contributed by atoms with E-state index in [4.69, 9.17) is 9.97 Å². The normalized spacial score (nSPS) is 13.7. The molecule has 5 heterocycles. The maximum Gasteiger partial charge on any atom is 0.184 e. The molecule has 0 bridgehead atoms. The zero-order valence-electron chi connectivity index (χ0n) is 34.6. The number of hydrogen-bond donors (Lipinski definition) is 0. The summed E-state index contributed by atoms with van der Waals surface area (Å²) in [6.45, 7) is 0. The summed E-state index contributed by atoms with van der Waals surface area (Å²) in [6, 6.07) is 73.0. The van der Waals surface area contributed by atoms with Crippen molar-refractivity contribution in [3.05, 3.63) is 236 Å². The number of para-hydroxylation sites is 3. The summed E-state index contributed by atoms with van der Waals surface area (Å²) >= 11 is 0. The molecule has 1 unspecified atom stereocenters. The summed E-state index contributed by atoms with van der Waals surface area (Å²) in [5, 5.41) is 10.5. The number of rotatable bonds is 6. The number of pyridine rings is 2. The Labute approximate surface area is 369 Å². The van der Waals surface area contributed by atoms with Crippen molar-refractivity contribution < 1.29 is 4.39 Å². The molecule has 12 aromatic rings. The van der Waals surface area contributed by atoms with Crippen molar-refractivity contribution in [2.45, 2.75) is 6.17 Å². The van der Waals surface area contributed by atoms with E-state index in [-0.39, 0.29) is 0 Å². The van der Waals surface area contributed by atoms with Crippen molar-refractivity contribution in [1.82, 2.24) is 18.9 Å². The van der Waals surface area contributed by atoms with Crippen LogP contribution in [-0.4, -0.2) is 27.0 Å². The molecule has 8 aromatic carbocycles. The third-order valence-electron chi connectivity index (χ3n) is 13.4. The maximum absolute atomic E-state index is 17.5. The molecular weight excluding hydrogens is 802 g/mol. The summed E-state index contributed by atoms with van der Waals surface area (Å²) in [5.41, 5.74) is 8.30. The molecule has 1 aliphatic heterocycles. The Bertz CT molecular complexity index is 3720. The first-order valence-corrected chi connectivity index (χ1v) is 23.7. The van der Waals surface area contributed by atoms with Gasteiger partial charge in [-0.1, -0.05) is 152 Å². The van der Waals surface area contributed by atoms with Crippen LogP contribution >= 0.6 is 0 Å². The Morgan fingerprint density at radius 3 is 1.91 bits per heavy atom. The molecule has 0 saturated heterocycles. The van der Waals surface area contributed by atoms with E-state index in [0.29, 0.717) is 11.1 Å². The van der Waals surface area contributed by atoms with Gasteiger partial charge in [-0.25, -0.2) is 14.4 Å². The Morgan fingerprint density at radius 1 is 0.469 bits per heavy atom. The second-order valence-electron chi connectivity index (χ2n) is 16.6. The van der Waals surface area contributed by atoms with Crippen LogP contribution in [0.5, 0.6) is 0 Å². The molecule has 13 rings (SSSR count). The first-order valence-electron chi connectivity index (χ1n) is 21.7. The monoisotopic (exact) mass is 839 g/mol. The minimum atomic E-state index is -2.99. The van der Waals surface area contributed by atoms with E-state index in [0.717, 1.165) is 72.0 Å². The minimum absolute atomic E-state index is 0.573. The molecule has 0 fully saturated rings. The van der Waals surface area contributed by atoms with Crippen LogP contribution in [0.25, 0.3) is 54.9 Å². The number of anilines is 3. The van der Waals surface area contributed by atoms with Gasteiger partial charge >= 0.3 is 0 Å². The van der Waals surface area contributed by atoms with Crippen molar-refractivity contribution in [2.24, 2.45) is 0 Å². The van der Waals surface area contributed by atoms with Gasteiger partial charge in [-0.15, -0.1) is 0 Å². The van der Waals surface area contributed by atoms with Crippen LogP contribution in [0.3, 0.4) is 0 Å². The highest BCUT2D eigenvalue weighted by atomic mass is 28.3. The lowest BCUT2D eigenvalue weighted by molar-refractivity contribution is 0.402. The molecule has 0 N–H and O–H groups in total. The SMILES string of the molecule is FC(c1ccc2c3ccccc3n3ccnc3c2c1)c1ccc2c3c4c(ccc3n(-c3ccccn3)c2c1)[Si](c1ccccc1)(c1ccccc1)c1ccccc1N4c1ccccc1. The quantitative estimate of drug-likeness (QED) is 0.124. The van der Waals surface area contributed by atoms with Crippen LogP contribution in [0.2, 0.25) is 0 Å². The molecular formula is C57H38FN5Si. The van der Waals surface area contributed by atoms with Crippen LogP contribution < -0.4 is 25.6 Å². The van der Waals surface area contributed by atoms with Crippen LogP contribution in [0.1, 0.15) is 17.3 Å². The topological polar surface area (TPSA) is 38.4 Å². The molecule has 1 aliphatic rings. The van der Waals surface area contributed by atoms with E-state index in [1.165, 1.54) is 20.7 Å². The summed E-state index contributed by atoms with van der Waals surface area (Å²) in [6.07, 6.45) is 4.22. The Kier molecular flexibility index (Phi) is 8.10. The van der Waals surface area contributed by atoms with Gasteiger partial charge in [0.2, 0.25) is 0 Å². The molecule has 0 amide bonds. The third kappa shape index (κ3) is 5.16. The lowest BCUT2D eigenvalue weighted by Crippen LogP contribution is -2.77. The highest BCUT2D eigenvalue weighted by molar-refractivity contribution is 7.21. The second-order valence-corrected chi connectivity index (χ2v) is 20.4. The molecule has 302 valence electrons. The molecule has 0 saturated carbocycles. The Hall–Kier alpha value is -8.13. The highest BCUT2D eigenvalue weighted by Crippen LogP contribution is 2.46. The van der Waals surface area contributed by atoms with Crippen molar-refractivity contribution >= 4 is 95.0 Å². The fraction of sp³-hybridized carbons (Fsp3) is 0.0175. The molecule has 1 atom stereocenters. The minimum Gasteiger partial charge on any atom is -0.310 e. The molecule has 0 spiro atoms. The number of aromatic nitrogens is 4. The lowest BCUT2D eigenvalue weighted by atomic mass is 9.97. The van der Waals surface area contributed by atoms with E-state index < -0.39 is 14.2 Å². The van der Waals surface area contributed by atoms with Gasteiger partial charge in [0.05, 0.1) is 22.2 Å². The predicted octanol–water partition coefficient (Wildman–Crippen LogP) is 11.4. The van der Waals surface area contributed by atoms with Crippen molar-refractivity contribution in [3.8, 4) is 5.82 Å². The van der Waals surface area contributed by atoms with Gasteiger partial charge in [0.15, 0.2) is 14.2 Å². The number of nitrogens with zero attached hydrogens (tertiary/aromatic N) is 5. The smallest absolute Gasteiger partial charge is 0.184 e. The first-order chi connectivity index (χ1) is 31.7. The highest BCUT2D eigenvalue weighted by Gasteiger charge is 2.49. The lowest BCUT2D eigenvalue weighted by Gasteiger charge is -2.45. The zero-order valence-corrected chi connectivity index (χ0v) is 35.6. The first kappa shape index (κ1) is 36.5. The number of alkyl halides is 1. The van der Waals surface area contributed by atoms with Crippen LogP contribution in [0.15, 0.2) is 225 Å². The molecule has 0 radical (unpaired) electrons. The van der Waals surface area contributed by atoms with Gasteiger partial charge in [0, 0.05) is 51.5 Å². The number of imidazole rings is 1. The summed E-state index contributed by atoms with van der Waals surface area (Å²) < 4.78 is 21.8.